The highest BCUT2D eigenvalue weighted by Crippen LogP contribution is 2.25. The Morgan fingerprint density at radius 1 is 1.33 bits per heavy atom. The minimum absolute atomic E-state index is 0.0417. The van der Waals surface area contributed by atoms with Crippen LogP contribution in [0.1, 0.15) is 46.5 Å². The van der Waals surface area contributed by atoms with Crippen LogP contribution in [0.5, 0.6) is 0 Å². The molecule has 0 saturated carbocycles. The molecule has 0 aromatic rings. The Morgan fingerprint density at radius 3 is 2.28 bits per heavy atom. The van der Waals surface area contributed by atoms with Crippen molar-refractivity contribution in [3.8, 4) is 0 Å². The summed E-state index contributed by atoms with van der Waals surface area (Å²) >= 11 is 0. The summed E-state index contributed by atoms with van der Waals surface area (Å²) in [6, 6.07) is 0.0417. The van der Waals surface area contributed by atoms with Gasteiger partial charge in [-0.2, -0.15) is 13.2 Å². The van der Waals surface area contributed by atoms with Crippen LogP contribution in [-0.4, -0.2) is 30.8 Å². The molecular weight excluding hydrogens is 247 g/mol. The molecule has 18 heavy (non-hydrogen) atoms. The molecule has 3 nitrogen and oxygen atoms in total. The van der Waals surface area contributed by atoms with Crippen LogP contribution in [0.3, 0.4) is 0 Å². The molecule has 0 spiro atoms. The first-order valence-corrected chi connectivity index (χ1v) is 6.07. The van der Waals surface area contributed by atoms with Crippen molar-refractivity contribution >= 4 is 5.97 Å². The smallest absolute Gasteiger partial charge is 0.389 e. The molecule has 0 aliphatic heterocycles. The van der Waals surface area contributed by atoms with Gasteiger partial charge in [0.1, 0.15) is 5.54 Å². The van der Waals surface area contributed by atoms with Gasteiger partial charge in [-0.1, -0.05) is 6.92 Å². The van der Waals surface area contributed by atoms with Crippen LogP contribution in [0.15, 0.2) is 0 Å². The molecule has 0 radical (unpaired) electrons. The van der Waals surface area contributed by atoms with E-state index in [2.05, 4.69) is 10.1 Å². The fourth-order valence-corrected chi connectivity index (χ4v) is 1.75. The number of halogens is 3. The molecule has 108 valence electrons. The molecule has 0 saturated heterocycles. The highest BCUT2D eigenvalue weighted by molar-refractivity contribution is 5.80. The third-order valence-corrected chi connectivity index (χ3v) is 2.95. The van der Waals surface area contributed by atoms with Crippen molar-refractivity contribution < 1.29 is 22.7 Å². The summed E-state index contributed by atoms with van der Waals surface area (Å²) in [5, 5.41) is 3.04. The quantitative estimate of drug-likeness (QED) is 0.722. The first kappa shape index (κ1) is 17.2. The molecule has 0 rings (SSSR count). The normalized spacial score (nSPS) is 17.1. The highest BCUT2D eigenvalue weighted by Gasteiger charge is 2.36. The Labute approximate surface area is 106 Å². The van der Waals surface area contributed by atoms with E-state index < -0.39 is 24.1 Å². The lowest BCUT2D eigenvalue weighted by atomic mass is 9.93. The van der Waals surface area contributed by atoms with E-state index in [-0.39, 0.29) is 18.9 Å². The Kier molecular flexibility index (Phi) is 6.67. The number of nitrogens with one attached hydrogen (secondary N) is 1. The zero-order chi connectivity index (χ0) is 14.4. The second kappa shape index (κ2) is 6.97. The van der Waals surface area contributed by atoms with Gasteiger partial charge >= 0.3 is 12.1 Å². The van der Waals surface area contributed by atoms with Crippen LogP contribution in [0.25, 0.3) is 0 Å². The number of carbonyl (C=O) groups is 1. The molecule has 0 heterocycles. The van der Waals surface area contributed by atoms with E-state index in [1.54, 1.807) is 6.92 Å². The second-order valence-corrected chi connectivity index (χ2v) is 4.75. The molecular formula is C12H22F3NO2. The summed E-state index contributed by atoms with van der Waals surface area (Å²) in [5.74, 6) is -0.523. The maximum Gasteiger partial charge on any atom is 0.389 e. The average Bonchev–Trinajstić information content (AvgIpc) is 2.25. The van der Waals surface area contributed by atoms with E-state index in [0.717, 1.165) is 6.42 Å². The third-order valence-electron chi connectivity index (χ3n) is 2.95. The fourth-order valence-electron chi connectivity index (χ4n) is 1.75. The van der Waals surface area contributed by atoms with Gasteiger partial charge in [0.25, 0.3) is 0 Å². The zero-order valence-electron chi connectivity index (χ0n) is 11.4. The predicted molar refractivity (Wildman–Crippen MR) is 63.2 cm³/mol. The molecule has 0 aromatic heterocycles. The highest BCUT2D eigenvalue weighted by atomic mass is 19.4. The molecule has 1 N–H and O–H groups in total. The lowest BCUT2D eigenvalue weighted by molar-refractivity contribution is -0.151. The zero-order valence-corrected chi connectivity index (χ0v) is 11.4. The van der Waals surface area contributed by atoms with Gasteiger partial charge in [0, 0.05) is 12.5 Å². The Morgan fingerprint density at radius 2 is 1.89 bits per heavy atom. The van der Waals surface area contributed by atoms with Gasteiger partial charge in [0.15, 0.2) is 0 Å². The van der Waals surface area contributed by atoms with Crippen molar-refractivity contribution in [2.24, 2.45) is 0 Å². The molecule has 0 aliphatic carbocycles. The van der Waals surface area contributed by atoms with Crippen molar-refractivity contribution in [2.45, 2.75) is 64.2 Å². The van der Waals surface area contributed by atoms with Gasteiger partial charge < -0.3 is 4.74 Å². The molecule has 0 bridgehead atoms. The summed E-state index contributed by atoms with van der Waals surface area (Å²) in [6.45, 7) is 5.40. The topological polar surface area (TPSA) is 38.3 Å². The van der Waals surface area contributed by atoms with Gasteiger partial charge in [-0.3, -0.25) is 10.1 Å². The molecule has 2 unspecified atom stereocenters. The predicted octanol–water partition coefficient (Wildman–Crippen LogP) is 3.04. The molecule has 6 heteroatoms. The van der Waals surface area contributed by atoms with Crippen LogP contribution in [0.2, 0.25) is 0 Å². The van der Waals surface area contributed by atoms with Crippen molar-refractivity contribution in [3.63, 3.8) is 0 Å². The van der Waals surface area contributed by atoms with Gasteiger partial charge in [0.2, 0.25) is 0 Å². The number of ether oxygens (including phenoxy) is 1. The van der Waals surface area contributed by atoms with Crippen molar-refractivity contribution in [1.82, 2.24) is 5.32 Å². The standard InChI is InChI=1S/C12H22F3NO2/c1-5-9(2)16-11(3,10(17)18-4)7-6-8-12(13,14)15/h9,16H,5-8H2,1-4H3. The minimum Gasteiger partial charge on any atom is -0.468 e. The summed E-state index contributed by atoms with van der Waals surface area (Å²) in [6.07, 6.45) is -4.29. The minimum atomic E-state index is -4.19. The van der Waals surface area contributed by atoms with Gasteiger partial charge in [-0.05, 0) is 33.1 Å². The molecule has 0 aromatic carbocycles. The summed E-state index contributed by atoms with van der Waals surface area (Å²) in [5.41, 5.74) is -1.06. The SMILES string of the molecule is CCC(C)NC(C)(CCCC(F)(F)F)C(=O)OC. The van der Waals surface area contributed by atoms with Gasteiger partial charge in [0.05, 0.1) is 7.11 Å². The number of alkyl halides is 3. The van der Waals surface area contributed by atoms with Crippen molar-refractivity contribution in [1.29, 1.82) is 0 Å². The van der Waals surface area contributed by atoms with E-state index in [0.29, 0.717) is 0 Å². The summed E-state index contributed by atoms with van der Waals surface area (Å²) in [4.78, 5) is 11.7. The monoisotopic (exact) mass is 269 g/mol. The average molecular weight is 269 g/mol. The third kappa shape index (κ3) is 6.23. The summed E-state index contributed by atoms with van der Waals surface area (Å²) in [7, 11) is 1.24. The molecule has 2 atom stereocenters. The number of hydrogen-bond donors (Lipinski definition) is 1. The lowest BCUT2D eigenvalue weighted by Gasteiger charge is -2.31. The maximum atomic E-state index is 12.1. The van der Waals surface area contributed by atoms with Crippen LogP contribution in [-0.2, 0) is 9.53 Å². The van der Waals surface area contributed by atoms with Crippen molar-refractivity contribution in [3.05, 3.63) is 0 Å². The van der Waals surface area contributed by atoms with Gasteiger partial charge in [-0.15, -0.1) is 0 Å². The van der Waals surface area contributed by atoms with E-state index in [1.165, 1.54) is 7.11 Å². The van der Waals surface area contributed by atoms with E-state index in [1.807, 2.05) is 13.8 Å². The van der Waals surface area contributed by atoms with Crippen LogP contribution < -0.4 is 5.32 Å². The van der Waals surface area contributed by atoms with E-state index >= 15 is 0 Å². The second-order valence-electron chi connectivity index (χ2n) is 4.75. The lowest BCUT2D eigenvalue weighted by Crippen LogP contribution is -2.53. The van der Waals surface area contributed by atoms with Crippen LogP contribution in [0.4, 0.5) is 13.2 Å². The molecule has 0 amide bonds. The first-order chi connectivity index (χ1) is 8.14. The Bertz CT molecular complexity index is 269. The molecule has 0 fully saturated rings. The summed E-state index contributed by atoms with van der Waals surface area (Å²) < 4.78 is 41.0. The van der Waals surface area contributed by atoms with Crippen LogP contribution in [0, 0.1) is 0 Å². The van der Waals surface area contributed by atoms with Crippen molar-refractivity contribution in [2.75, 3.05) is 7.11 Å². The van der Waals surface area contributed by atoms with Crippen LogP contribution >= 0.6 is 0 Å². The number of hydrogen-bond acceptors (Lipinski definition) is 3. The number of esters is 1. The maximum absolute atomic E-state index is 12.1. The van der Waals surface area contributed by atoms with E-state index in [4.69, 9.17) is 0 Å². The fraction of sp³-hybridized carbons (Fsp3) is 0.917. The largest absolute Gasteiger partial charge is 0.468 e. The number of methoxy groups -OCH3 is 1. The number of carbonyl (C=O) groups excluding carboxylic acids is 1. The Hall–Kier alpha value is -0.780. The molecule has 0 aliphatic rings. The number of rotatable bonds is 7. The van der Waals surface area contributed by atoms with E-state index in [9.17, 15) is 18.0 Å². The Balaban J connectivity index is 4.53. The first-order valence-electron chi connectivity index (χ1n) is 6.07. The van der Waals surface area contributed by atoms with Gasteiger partial charge in [-0.25, -0.2) is 0 Å².